The van der Waals surface area contributed by atoms with Gasteiger partial charge in [-0.3, -0.25) is 9.80 Å². The van der Waals surface area contributed by atoms with Gasteiger partial charge in [0, 0.05) is 25.7 Å². The number of hydrogen-bond acceptors (Lipinski definition) is 4. The number of ether oxygens (including phenoxy) is 1. The van der Waals surface area contributed by atoms with E-state index in [-0.39, 0.29) is 5.75 Å². The van der Waals surface area contributed by atoms with E-state index in [0.29, 0.717) is 11.8 Å². The largest absolute Gasteiger partial charge is 0.504 e. The molecule has 1 saturated heterocycles. The van der Waals surface area contributed by atoms with Crippen LogP contribution in [0.3, 0.4) is 0 Å². The number of hydrogen-bond donors (Lipinski definition) is 1. The van der Waals surface area contributed by atoms with Gasteiger partial charge in [-0.2, -0.15) is 0 Å². The molecule has 1 aromatic carbocycles. The van der Waals surface area contributed by atoms with Crippen LogP contribution in [0.5, 0.6) is 11.5 Å². The van der Waals surface area contributed by atoms with Crippen molar-refractivity contribution >= 4 is 0 Å². The van der Waals surface area contributed by atoms with Gasteiger partial charge in [0.15, 0.2) is 11.5 Å². The van der Waals surface area contributed by atoms with Gasteiger partial charge >= 0.3 is 0 Å². The fourth-order valence-corrected chi connectivity index (χ4v) is 3.09. The fraction of sp³-hybridized carbons (Fsp3) is 0.625. The van der Waals surface area contributed by atoms with Crippen LogP contribution >= 0.6 is 0 Å². The van der Waals surface area contributed by atoms with Crippen molar-refractivity contribution in [2.24, 2.45) is 0 Å². The molecule has 1 aromatic rings. The first-order valence-electron chi connectivity index (χ1n) is 7.50. The highest BCUT2D eigenvalue weighted by Crippen LogP contribution is 2.27. The number of aromatic hydroxyl groups is 1. The predicted molar refractivity (Wildman–Crippen MR) is 81.3 cm³/mol. The summed E-state index contributed by atoms with van der Waals surface area (Å²) in [4.78, 5) is 5.00. The number of methoxy groups -OCH3 is 1. The van der Waals surface area contributed by atoms with Gasteiger partial charge < -0.3 is 9.84 Å². The number of nitrogens with zero attached hydrogens (tertiary/aromatic N) is 2. The zero-order valence-corrected chi connectivity index (χ0v) is 12.8. The molecule has 0 amide bonds. The van der Waals surface area contributed by atoms with E-state index < -0.39 is 0 Å². The van der Waals surface area contributed by atoms with Crippen molar-refractivity contribution in [3.63, 3.8) is 0 Å². The molecule has 0 saturated carbocycles. The van der Waals surface area contributed by atoms with Crippen molar-refractivity contribution in [3.8, 4) is 11.5 Å². The second-order valence-electron chi connectivity index (χ2n) is 5.41. The maximum Gasteiger partial charge on any atom is 0.160 e. The van der Waals surface area contributed by atoms with Gasteiger partial charge in [-0.05, 0) is 37.2 Å². The normalized spacial score (nSPS) is 19.7. The summed E-state index contributed by atoms with van der Waals surface area (Å²) in [5.41, 5.74) is 1.14. The average molecular weight is 278 g/mol. The summed E-state index contributed by atoms with van der Waals surface area (Å²) < 4.78 is 5.08. The van der Waals surface area contributed by atoms with E-state index in [4.69, 9.17) is 4.74 Å². The molecule has 0 bridgehead atoms. The van der Waals surface area contributed by atoms with Gasteiger partial charge in [0.05, 0.1) is 7.11 Å². The SMILES string of the molecule is CCN(CC)C1CCN(Cc2ccc(OC)c(O)c2)C1. The third-order valence-corrected chi connectivity index (χ3v) is 4.23. The van der Waals surface area contributed by atoms with Crippen LogP contribution in [0.4, 0.5) is 0 Å². The van der Waals surface area contributed by atoms with Crippen LogP contribution in [0.25, 0.3) is 0 Å². The van der Waals surface area contributed by atoms with E-state index >= 15 is 0 Å². The molecule has 0 aliphatic carbocycles. The van der Waals surface area contributed by atoms with Gasteiger partial charge in [-0.15, -0.1) is 0 Å². The molecular formula is C16H26N2O2. The van der Waals surface area contributed by atoms with Crippen LogP contribution < -0.4 is 4.74 Å². The molecule has 2 rings (SSSR count). The fourth-order valence-electron chi connectivity index (χ4n) is 3.09. The summed E-state index contributed by atoms with van der Waals surface area (Å²) in [6, 6.07) is 6.35. The Labute approximate surface area is 122 Å². The summed E-state index contributed by atoms with van der Waals surface area (Å²) in [6.45, 7) is 9.86. The quantitative estimate of drug-likeness (QED) is 0.866. The van der Waals surface area contributed by atoms with E-state index in [2.05, 4.69) is 23.6 Å². The second kappa shape index (κ2) is 6.95. The summed E-state index contributed by atoms with van der Waals surface area (Å²) in [7, 11) is 1.57. The number of likely N-dealkylation sites (N-methyl/N-ethyl adjacent to an activating group) is 1. The summed E-state index contributed by atoms with van der Waals surface area (Å²) in [6.07, 6.45) is 1.24. The highest BCUT2D eigenvalue weighted by atomic mass is 16.5. The first-order valence-corrected chi connectivity index (χ1v) is 7.50. The van der Waals surface area contributed by atoms with Crippen molar-refractivity contribution in [1.82, 2.24) is 9.80 Å². The maximum absolute atomic E-state index is 9.83. The topological polar surface area (TPSA) is 35.9 Å². The Morgan fingerprint density at radius 3 is 2.70 bits per heavy atom. The van der Waals surface area contributed by atoms with Gasteiger partial charge in [-0.1, -0.05) is 19.9 Å². The minimum Gasteiger partial charge on any atom is -0.504 e. The molecule has 1 atom stereocenters. The molecule has 0 radical (unpaired) electrons. The third-order valence-electron chi connectivity index (χ3n) is 4.23. The number of benzene rings is 1. The standard InChI is InChI=1S/C16H26N2O2/c1-4-18(5-2)14-8-9-17(12-14)11-13-6-7-16(20-3)15(19)10-13/h6-7,10,14,19H,4-5,8-9,11-12H2,1-3H3. The third kappa shape index (κ3) is 3.44. The molecular weight excluding hydrogens is 252 g/mol. The minimum atomic E-state index is 0.226. The highest BCUT2D eigenvalue weighted by molar-refractivity contribution is 5.41. The minimum absolute atomic E-state index is 0.226. The lowest BCUT2D eigenvalue weighted by atomic mass is 10.2. The Bertz CT molecular complexity index is 432. The number of phenols is 1. The zero-order valence-electron chi connectivity index (χ0n) is 12.8. The van der Waals surface area contributed by atoms with Gasteiger partial charge in [0.1, 0.15) is 0 Å². The average Bonchev–Trinajstić information content (AvgIpc) is 2.89. The van der Waals surface area contributed by atoms with E-state index in [1.165, 1.54) is 6.42 Å². The molecule has 112 valence electrons. The molecule has 1 aliphatic heterocycles. The molecule has 1 N–H and O–H groups in total. The summed E-state index contributed by atoms with van der Waals surface area (Å²) in [5, 5.41) is 9.83. The van der Waals surface area contributed by atoms with Crippen molar-refractivity contribution in [2.45, 2.75) is 32.9 Å². The summed E-state index contributed by atoms with van der Waals surface area (Å²) in [5.74, 6) is 0.765. The van der Waals surface area contributed by atoms with Crippen LogP contribution in [0.1, 0.15) is 25.8 Å². The van der Waals surface area contributed by atoms with Gasteiger partial charge in [-0.25, -0.2) is 0 Å². The summed E-state index contributed by atoms with van der Waals surface area (Å²) >= 11 is 0. The number of likely N-dealkylation sites (tertiary alicyclic amines) is 1. The lowest BCUT2D eigenvalue weighted by molar-refractivity contribution is 0.209. The van der Waals surface area contributed by atoms with E-state index in [0.717, 1.165) is 38.3 Å². The van der Waals surface area contributed by atoms with Crippen molar-refractivity contribution < 1.29 is 9.84 Å². The lowest BCUT2D eigenvalue weighted by Crippen LogP contribution is -2.37. The van der Waals surface area contributed by atoms with Crippen LogP contribution in [0.2, 0.25) is 0 Å². The molecule has 0 spiro atoms. The lowest BCUT2D eigenvalue weighted by Gasteiger charge is -2.26. The molecule has 1 fully saturated rings. The van der Waals surface area contributed by atoms with Crippen LogP contribution in [-0.4, -0.2) is 54.2 Å². The van der Waals surface area contributed by atoms with Crippen LogP contribution in [0.15, 0.2) is 18.2 Å². The van der Waals surface area contributed by atoms with Crippen molar-refractivity contribution in [2.75, 3.05) is 33.3 Å². The number of phenolic OH excluding ortho intramolecular Hbond substituents is 1. The van der Waals surface area contributed by atoms with Gasteiger partial charge in [0.25, 0.3) is 0 Å². The first kappa shape index (κ1) is 15.1. The Hall–Kier alpha value is -1.26. The smallest absolute Gasteiger partial charge is 0.160 e. The molecule has 4 heteroatoms. The van der Waals surface area contributed by atoms with E-state index in [1.54, 1.807) is 7.11 Å². The number of rotatable bonds is 6. The van der Waals surface area contributed by atoms with E-state index in [1.807, 2.05) is 18.2 Å². The molecule has 0 aromatic heterocycles. The monoisotopic (exact) mass is 278 g/mol. The molecule has 20 heavy (non-hydrogen) atoms. The van der Waals surface area contributed by atoms with Crippen molar-refractivity contribution in [3.05, 3.63) is 23.8 Å². The van der Waals surface area contributed by atoms with E-state index in [9.17, 15) is 5.11 Å². The first-order chi connectivity index (χ1) is 9.67. The second-order valence-corrected chi connectivity index (χ2v) is 5.41. The Morgan fingerprint density at radius 2 is 2.10 bits per heavy atom. The Kier molecular flexibility index (Phi) is 5.26. The van der Waals surface area contributed by atoms with Crippen LogP contribution in [0, 0.1) is 0 Å². The maximum atomic E-state index is 9.83. The van der Waals surface area contributed by atoms with Gasteiger partial charge in [0.2, 0.25) is 0 Å². The molecule has 4 nitrogen and oxygen atoms in total. The van der Waals surface area contributed by atoms with Crippen molar-refractivity contribution in [1.29, 1.82) is 0 Å². The predicted octanol–water partition coefficient (Wildman–Crippen LogP) is 2.32. The van der Waals surface area contributed by atoms with Crippen LogP contribution in [-0.2, 0) is 6.54 Å². The Balaban J connectivity index is 1.93. The Morgan fingerprint density at radius 1 is 1.35 bits per heavy atom. The molecule has 1 unspecified atom stereocenters. The zero-order chi connectivity index (χ0) is 14.5. The molecule has 1 aliphatic rings. The highest BCUT2D eigenvalue weighted by Gasteiger charge is 2.26. The molecule has 1 heterocycles.